The minimum absolute atomic E-state index is 0.0430. The van der Waals surface area contributed by atoms with Gasteiger partial charge < -0.3 is 9.47 Å². The van der Waals surface area contributed by atoms with E-state index in [2.05, 4.69) is 11.6 Å². The van der Waals surface area contributed by atoms with E-state index < -0.39 is 10.0 Å². The lowest BCUT2D eigenvalue weighted by Gasteiger charge is -2.22. The zero-order chi connectivity index (χ0) is 14.7. The molecule has 118 valence electrons. The summed E-state index contributed by atoms with van der Waals surface area (Å²) in [6.45, 7) is 3.83. The van der Waals surface area contributed by atoms with Gasteiger partial charge in [0.05, 0.1) is 19.0 Å². The smallest absolute Gasteiger partial charge is 0.212 e. The molecule has 1 rings (SSSR count). The minimum atomic E-state index is -3.24. The van der Waals surface area contributed by atoms with Gasteiger partial charge in [0.2, 0.25) is 10.0 Å². The number of ether oxygens (including phenoxy) is 2. The van der Waals surface area contributed by atoms with E-state index in [1.165, 1.54) is 12.8 Å². The molecule has 0 amide bonds. The molecule has 1 aliphatic rings. The number of nitrogens with one attached hydrogen (secondary N) is 1. The molecule has 0 aromatic carbocycles. The fourth-order valence-electron chi connectivity index (χ4n) is 1.92. The molecule has 20 heavy (non-hydrogen) atoms. The van der Waals surface area contributed by atoms with Gasteiger partial charge in [-0.05, 0) is 19.3 Å². The molecule has 0 radical (unpaired) electrons. The van der Waals surface area contributed by atoms with Gasteiger partial charge in [-0.3, -0.25) is 0 Å². The molecular weight excluding hydrogens is 278 g/mol. The van der Waals surface area contributed by atoms with E-state index >= 15 is 0 Å². The van der Waals surface area contributed by atoms with Crippen LogP contribution in [-0.4, -0.2) is 40.2 Å². The number of sulfonamides is 1. The lowest BCUT2D eigenvalue weighted by Crippen LogP contribution is -2.31. The molecule has 0 aromatic rings. The van der Waals surface area contributed by atoms with E-state index in [-0.39, 0.29) is 12.0 Å². The van der Waals surface area contributed by atoms with E-state index in [0.29, 0.717) is 26.2 Å². The lowest BCUT2D eigenvalue weighted by molar-refractivity contribution is -0.178. The van der Waals surface area contributed by atoms with E-state index in [1.807, 2.05) is 12.2 Å². The molecule has 1 aliphatic heterocycles. The molecule has 1 heterocycles. The third kappa shape index (κ3) is 8.68. The Balaban J connectivity index is 2.11. The van der Waals surface area contributed by atoms with Gasteiger partial charge in [-0.25, -0.2) is 13.1 Å². The number of hydrogen-bond acceptors (Lipinski definition) is 4. The first kappa shape index (κ1) is 17.6. The van der Waals surface area contributed by atoms with Gasteiger partial charge >= 0.3 is 0 Å². The molecule has 0 spiro atoms. The summed E-state index contributed by atoms with van der Waals surface area (Å²) < 4.78 is 36.7. The maximum Gasteiger partial charge on any atom is 0.212 e. The highest BCUT2D eigenvalue weighted by Gasteiger charge is 2.18. The van der Waals surface area contributed by atoms with Crippen molar-refractivity contribution >= 4 is 10.0 Å². The van der Waals surface area contributed by atoms with Crippen LogP contribution in [0.25, 0.3) is 0 Å². The van der Waals surface area contributed by atoms with Crippen LogP contribution in [0.4, 0.5) is 0 Å². The summed E-state index contributed by atoms with van der Waals surface area (Å²) in [4.78, 5) is 0. The van der Waals surface area contributed by atoms with Gasteiger partial charge in [0.15, 0.2) is 6.29 Å². The highest BCUT2D eigenvalue weighted by atomic mass is 32.2. The molecule has 6 heteroatoms. The summed E-state index contributed by atoms with van der Waals surface area (Å²) in [5, 5.41) is 0. The van der Waals surface area contributed by atoms with Gasteiger partial charge in [0.25, 0.3) is 0 Å². The monoisotopic (exact) mass is 305 g/mol. The van der Waals surface area contributed by atoms with Gasteiger partial charge in [-0.1, -0.05) is 31.9 Å². The third-order valence-corrected chi connectivity index (χ3v) is 4.46. The zero-order valence-electron chi connectivity index (χ0n) is 12.3. The Labute approximate surface area is 122 Å². The van der Waals surface area contributed by atoms with Crippen molar-refractivity contribution in [2.45, 2.75) is 51.7 Å². The van der Waals surface area contributed by atoms with E-state index in [0.717, 1.165) is 19.3 Å². The van der Waals surface area contributed by atoms with Crippen LogP contribution < -0.4 is 4.72 Å². The van der Waals surface area contributed by atoms with Gasteiger partial charge in [0, 0.05) is 13.0 Å². The molecule has 1 N–H and O–H groups in total. The molecule has 0 aliphatic carbocycles. The molecule has 0 atom stereocenters. The largest absolute Gasteiger partial charge is 0.353 e. The Kier molecular flexibility index (Phi) is 9.09. The summed E-state index contributed by atoms with van der Waals surface area (Å²) in [5.41, 5.74) is 0. The Hall–Kier alpha value is -0.430. The fraction of sp³-hybridized carbons (Fsp3) is 0.857. The number of hydrogen-bond donors (Lipinski definition) is 1. The van der Waals surface area contributed by atoms with Gasteiger partial charge in [0.1, 0.15) is 0 Å². The molecule has 1 saturated heterocycles. The molecule has 1 fully saturated rings. The maximum atomic E-state index is 11.8. The molecule has 0 saturated carbocycles. The highest BCUT2D eigenvalue weighted by Crippen LogP contribution is 2.09. The maximum absolute atomic E-state index is 11.8. The molecule has 0 unspecified atom stereocenters. The van der Waals surface area contributed by atoms with Crippen molar-refractivity contribution < 1.29 is 17.9 Å². The Morgan fingerprint density at radius 1 is 1.20 bits per heavy atom. The number of unbranched alkanes of at least 4 members (excludes halogenated alkanes) is 3. The van der Waals surface area contributed by atoms with Crippen LogP contribution in [0.5, 0.6) is 0 Å². The van der Waals surface area contributed by atoms with Crippen molar-refractivity contribution in [1.29, 1.82) is 0 Å². The van der Waals surface area contributed by atoms with Crippen molar-refractivity contribution in [3.05, 3.63) is 12.2 Å². The second kappa shape index (κ2) is 10.3. The standard InChI is InChI=1S/C14H27NO4S/c1-2-3-4-5-6-7-10-15-20(16,17)13-9-14-18-11-8-12-19-14/h6-7,14-15H,2-5,8-13H2,1H3/b7-6+. The SMILES string of the molecule is CCCCC/C=C/CNS(=O)(=O)CCC1OCCCO1. The quantitative estimate of drug-likeness (QED) is 0.496. The van der Waals surface area contributed by atoms with Crippen molar-refractivity contribution in [1.82, 2.24) is 4.72 Å². The van der Waals surface area contributed by atoms with Crippen LogP contribution in [0.2, 0.25) is 0 Å². The second-order valence-electron chi connectivity index (χ2n) is 4.95. The van der Waals surface area contributed by atoms with Crippen LogP contribution in [0.1, 0.15) is 45.4 Å². The third-order valence-electron chi connectivity index (χ3n) is 3.08. The highest BCUT2D eigenvalue weighted by molar-refractivity contribution is 7.89. The predicted molar refractivity (Wildman–Crippen MR) is 80.0 cm³/mol. The fourth-order valence-corrected chi connectivity index (χ4v) is 2.91. The van der Waals surface area contributed by atoms with E-state index in [1.54, 1.807) is 0 Å². The van der Waals surface area contributed by atoms with Crippen LogP contribution in [0.15, 0.2) is 12.2 Å². The minimum Gasteiger partial charge on any atom is -0.353 e. The summed E-state index contributed by atoms with van der Waals surface area (Å²) in [6.07, 6.45) is 9.40. The molecular formula is C14H27NO4S. The first-order chi connectivity index (χ1) is 9.64. The van der Waals surface area contributed by atoms with Crippen molar-refractivity contribution in [2.75, 3.05) is 25.5 Å². The first-order valence-corrected chi connectivity index (χ1v) is 9.15. The van der Waals surface area contributed by atoms with E-state index in [4.69, 9.17) is 9.47 Å². The van der Waals surface area contributed by atoms with Gasteiger partial charge in [-0.2, -0.15) is 0 Å². The number of allylic oxidation sites excluding steroid dienone is 1. The predicted octanol–water partition coefficient (Wildman–Crippen LogP) is 2.20. The summed E-state index contributed by atoms with van der Waals surface area (Å²) in [6, 6.07) is 0. The van der Waals surface area contributed by atoms with Crippen molar-refractivity contribution in [3.8, 4) is 0 Å². The summed E-state index contributed by atoms with van der Waals surface area (Å²) in [7, 11) is -3.24. The average Bonchev–Trinajstić information content (AvgIpc) is 2.45. The van der Waals surface area contributed by atoms with Crippen LogP contribution >= 0.6 is 0 Å². The Bertz CT molecular complexity index is 361. The van der Waals surface area contributed by atoms with Crippen molar-refractivity contribution in [2.24, 2.45) is 0 Å². The number of rotatable bonds is 10. The lowest BCUT2D eigenvalue weighted by atomic mass is 10.2. The second-order valence-corrected chi connectivity index (χ2v) is 6.87. The Morgan fingerprint density at radius 2 is 1.95 bits per heavy atom. The summed E-state index contributed by atoms with van der Waals surface area (Å²) >= 11 is 0. The zero-order valence-corrected chi connectivity index (χ0v) is 13.2. The first-order valence-electron chi connectivity index (χ1n) is 7.49. The molecule has 5 nitrogen and oxygen atoms in total. The van der Waals surface area contributed by atoms with Crippen molar-refractivity contribution in [3.63, 3.8) is 0 Å². The topological polar surface area (TPSA) is 64.6 Å². The summed E-state index contributed by atoms with van der Waals surface area (Å²) in [5.74, 6) is 0.0430. The van der Waals surface area contributed by atoms with Crippen LogP contribution in [-0.2, 0) is 19.5 Å². The average molecular weight is 305 g/mol. The normalized spacial score (nSPS) is 17.9. The van der Waals surface area contributed by atoms with Gasteiger partial charge in [-0.15, -0.1) is 0 Å². The molecule has 0 bridgehead atoms. The van der Waals surface area contributed by atoms with Crippen LogP contribution in [0, 0.1) is 0 Å². The Morgan fingerprint density at radius 3 is 2.65 bits per heavy atom. The van der Waals surface area contributed by atoms with E-state index in [9.17, 15) is 8.42 Å². The van der Waals surface area contributed by atoms with Crippen LogP contribution in [0.3, 0.4) is 0 Å². The molecule has 0 aromatic heterocycles.